The topological polar surface area (TPSA) is 105 Å². The average Bonchev–Trinajstić information content (AvgIpc) is 3.41. The maximum atomic E-state index is 14.9. The first kappa shape index (κ1) is 21.4. The van der Waals surface area contributed by atoms with E-state index < -0.39 is 46.1 Å². The Balaban J connectivity index is 1.42. The minimum atomic E-state index is -3.44. The number of carbonyl (C=O) groups is 1. The molecule has 172 valence electrons. The number of benzene rings is 1. The molecule has 0 saturated heterocycles. The third kappa shape index (κ3) is 3.79. The Labute approximate surface area is 182 Å². The second kappa shape index (κ2) is 7.84. The van der Waals surface area contributed by atoms with Gasteiger partial charge >= 0.3 is 6.43 Å². The number of fused-ring (bicyclic) bond motifs is 1. The summed E-state index contributed by atoms with van der Waals surface area (Å²) in [5.41, 5.74) is 0.304. The maximum Gasteiger partial charge on any atom is 0.314 e. The molecule has 5 rings (SSSR count). The monoisotopic (exact) mass is 470 g/mol. The number of carbonyl (C=O) groups excluding carboxylic acids is 1. The second-order valence-electron chi connectivity index (χ2n) is 8.48. The molecule has 0 radical (unpaired) electrons. The molecule has 1 aromatic heterocycles. The number of amides is 1. The number of nitrogens with one attached hydrogen (secondary N) is 1. The van der Waals surface area contributed by atoms with E-state index in [0.717, 1.165) is 18.9 Å². The molecule has 2 saturated carbocycles. The predicted molar refractivity (Wildman–Crippen MR) is 106 cm³/mol. The zero-order valence-corrected chi connectivity index (χ0v) is 17.7. The molecule has 0 spiro atoms. The highest BCUT2D eigenvalue weighted by Crippen LogP contribution is 2.36. The van der Waals surface area contributed by atoms with Crippen molar-refractivity contribution in [2.24, 2.45) is 0 Å². The van der Waals surface area contributed by atoms with Gasteiger partial charge < -0.3 is 9.32 Å². The molecular formula is C20H21F3N4O4S. The molecule has 2 aromatic rings. The van der Waals surface area contributed by atoms with Gasteiger partial charge in [-0.2, -0.15) is 8.78 Å². The van der Waals surface area contributed by atoms with Gasteiger partial charge in [-0.3, -0.25) is 4.79 Å². The minimum Gasteiger partial charge on any atom is -0.415 e. The zero-order chi connectivity index (χ0) is 22.6. The summed E-state index contributed by atoms with van der Waals surface area (Å²) in [6, 6.07) is 1.61. The Morgan fingerprint density at radius 3 is 2.56 bits per heavy atom. The summed E-state index contributed by atoms with van der Waals surface area (Å²) in [7, 11) is -3.44. The highest BCUT2D eigenvalue weighted by molar-refractivity contribution is 7.90. The van der Waals surface area contributed by atoms with Crippen molar-refractivity contribution < 1.29 is 30.8 Å². The summed E-state index contributed by atoms with van der Waals surface area (Å²) >= 11 is 0. The quantitative estimate of drug-likeness (QED) is 0.695. The molecule has 1 aromatic carbocycles. The lowest BCUT2D eigenvalue weighted by atomic mass is 9.90. The van der Waals surface area contributed by atoms with Crippen molar-refractivity contribution >= 4 is 15.9 Å². The molecule has 3 aliphatic rings. The molecule has 8 nitrogen and oxygen atoms in total. The van der Waals surface area contributed by atoms with Crippen LogP contribution in [0.1, 0.15) is 66.8 Å². The van der Waals surface area contributed by atoms with Crippen LogP contribution in [0.4, 0.5) is 13.2 Å². The summed E-state index contributed by atoms with van der Waals surface area (Å²) in [4.78, 5) is 14.7. The molecule has 0 bridgehead atoms. The molecule has 2 heterocycles. The summed E-state index contributed by atoms with van der Waals surface area (Å²) in [5.74, 6) is -2.31. The van der Waals surface area contributed by atoms with Gasteiger partial charge in [0, 0.05) is 28.8 Å². The molecule has 1 amide bonds. The number of alkyl halides is 2. The summed E-state index contributed by atoms with van der Waals surface area (Å²) in [6.45, 7) is 0.0126. The van der Waals surface area contributed by atoms with Crippen LogP contribution in [0.3, 0.4) is 0 Å². The summed E-state index contributed by atoms with van der Waals surface area (Å²) in [5, 5.41) is 6.38. The van der Waals surface area contributed by atoms with E-state index in [2.05, 4.69) is 14.9 Å². The van der Waals surface area contributed by atoms with E-state index in [4.69, 9.17) is 4.42 Å². The Bertz CT molecular complexity index is 1170. The van der Waals surface area contributed by atoms with Crippen molar-refractivity contribution in [1.82, 2.24) is 19.8 Å². The third-order valence-electron chi connectivity index (χ3n) is 6.30. The van der Waals surface area contributed by atoms with Crippen molar-refractivity contribution in [1.29, 1.82) is 0 Å². The van der Waals surface area contributed by atoms with Gasteiger partial charge in [0.05, 0.1) is 11.8 Å². The maximum absolute atomic E-state index is 14.9. The van der Waals surface area contributed by atoms with E-state index in [0.29, 0.717) is 25.7 Å². The number of rotatable bonds is 6. The number of nitrogens with zero attached hydrogens (tertiary/aromatic N) is 3. The molecule has 12 heteroatoms. The van der Waals surface area contributed by atoms with E-state index in [-0.39, 0.29) is 34.4 Å². The Kier molecular flexibility index (Phi) is 5.24. The van der Waals surface area contributed by atoms with Crippen LogP contribution in [0, 0.1) is 5.82 Å². The average molecular weight is 470 g/mol. The third-order valence-corrected chi connectivity index (χ3v) is 8.28. The van der Waals surface area contributed by atoms with Gasteiger partial charge in [0.15, 0.2) is 0 Å². The van der Waals surface area contributed by atoms with Gasteiger partial charge in [-0.05, 0) is 37.8 Å². The van der Waals surface area contributed by atoms with Crippen LogP contribution in [-0.4, -0.2) is 46.8 Å². The highest BCUT2D eigenvalue weighted by atomic mass is 32.2. The lowest BCUT2D eigenvalue weighted by Crippen LogP contribution is -2.53. The SMILES string of the molecule is O=C1c2cc(-c3nnc(C(F)F)o3)cc(F)c2CN1[C@@H]1CCCCC1NS(=O)(=O)C1CC1. The molecule has 2 atom stereocenters. The molecule has 1 aliphatic heterocycles. The van der Waals surface area contributed by atoms with Gasteiger partial charge in [0.2, 0.25) is 15.9 Å². The molecule has 32 heavy (non-hydrogen) atoms. The lowest BCUT2D eigenvalue weighted by molar-refractivity contribution is 0.0619. The van der Waals surface area contributed by atoms with Crippen LogP contribution in [0.2, 0.25) is 0 Å². The lowest BCUT2D eigenvalue weighted by Gasteiger charge is -2.38. The van der Waals surface area contributed by atoms with E-state index in [1.807, 2.05) is 0 Å². The normalized spacial score (nSPS) is 23.8. The van der Waals surface area contributed by atoms with Crippen LogP contribution >= 0.6 is 0 Å². The summed E-state index contributed by atoms with van der Waals surface area (Å²) in [6.07, 6.45) is 1.19. The fraction of sp³-hybridized carbons (Fsp3) is 0.550. The number of hydrogen-bond acceptors (Lipinski definition) is 6. The Hall–Kier alpha value is -2.47. The molecule has 2 fully saturated rings. The number of sulfonamides is 1. The molecule has 1 unspecified atom stereocenters. The second-order valence-corrected chi connectivity index (χ2v) is 10.5. The molecule has 1 N–H and O–H groups in total. The standard InChI is InChI=1S/C20H21F3N4O4S/c21-14-8-10(18-24-25-19(31-18)17(22)23)7-12-13(14)9-27(20(12)28)16-4-2-1-3-15(16)26-32(29,30)11-5-6-11/h7-8,11,15-17,26H,1-6,9H2/t15?,16-/m1/s1. The predicted octanol–water partition coefficient (Wildman–Crippen LogP) is 3.16. The number of halogens is 3. The van der Waals surface area contributed by atoms with Gasteiger partial charge in [-0.1, -0.05) is 12.8 Å². The largest absolute Gasteiger partial charge is 0.415 e. The van der Waals surface area contributed by atoms with Gasteiger partial charge in [-0.15, -0.1) is 10.2 Å². The van der Waals surface area contributed by atoms with Gasteiger partial charge in [0.1, 0.15) is 5.82 Å². The van der Waals surface area contributed by atoms with Gasteiger partial charge in [0.25, 0.3) is 11.8 Å². The smallest absolute Gasteiger partial charge is 0.314 e. The van der Waals surface area contributed by atoms with E-state index in [1.54, 1.807) is 0 Å². The minimum absolute atomic E-state index is 0.0126. The number of aromatic nitrogens is 2. The number of hydrogen-bond donors (Lipinski definition) is 1. The van der Waals surface area contributed by atoms with Gasteiger partial charge in [-0.25, -0.2) is 17.5 Å². The van der Waals surface area contributed by atoms with Crippen molar-refractivity contribution in [2.45, 2.75) is 68.8 Å². The van der Waals surface area contributed by atoms with Crippen LogP contribution in [-0.2, 0) is 16.6 Å². The Morgan fingerprint density at radius 1 is 1.12 bits per heavy atom. The van der Waals surface area contributed by atoms with Crippen LogP contribution in [0.25, 0.3) is 11.5 Å². The first-order valence-electron chi connectivity index (χ1n) is 10.5. The van der Waals surface area contributed by atoms with Crippen molar-refractivity contribution in [3.05, 3.63) is 35.0 Å². The van der Waals surface area contributed by atoms with Crippen molar-refractivity contribution in [2.75, 3.05) is 0 Å². The van der Waals surface area contributed by atoms with E-state index >= 15 is 0 Å². The molecule has 2 aliphatic carbocycles. The van der Waals surface area contributed by atoms with E-state index in [9.17, 15) is 26.4 Å². The summed E-state index contributed by atoms with van der Waals surface area (Å²) < 4.78 is 73.0. The van der Waals surface area contributed by atoms with Crippen molar-refractivity contribution in [3.63, 3.8) is 0 Å². The first-order chi connectivity index (χ1) is 15.2. The van der Waals surface area contributed by atoms with Crippen LogP contribution in [0.5, 0.6) is 0 Å². The molecular weight excluding hydrogens is 449 g/mol. The zero-order valence-electron chi connectivity index (χ0n) is 16.9. The first-order valence-corrected chi connectivity index (χ1v) is 12.1. The van der Waals surface area contributed by atoms with Crippen LogP contribution < -0.4 is 4.72 Å². The fourth-order valence-electron chi connectivity index (χ4n) is 4.52. The highest BCUT2D eigenvalue weighted by Gasteiger charge is 2.43. The van der Waals surface area contributed by atoms with Crippen molar-refractivity contribution in [3.8, 4) is 11.5 Å². The van der Waals surface area contributed by atoms with E-state index in [1.165, 1.54) is 11.0 Å². The van der Waals surface area contributed by atoms with Crippen LogP contribution in [0.15, 0.2) is 16.5 Å². The fourth-order valence-corrected chi connectivity index (χ4v) is 6.17. The Morgan fingerprint density at radius 2 is 1.88 bits per heavy atom.